The third-order valence-electron chi connectivity index (χ3n) is 13.1. The molecule has 5 heterocycles. The van der Waals surface area contributed by atoms with Gasteiger partial charge in [0.15, 0.2) is 0 Å². The maximum Gasteiger partial charge on any atom is 2.00 e. The van der Waals surface area contributed by atoms with Gasteiger partial charge in [-0.1, -0.05) is 131 Å². The number of esters is 2. The van der Waals surface area contributed by atoms with E-state index in [1.165, 1.54) is 38.4 Å². The van der Waals surface area contributed by atoms with E-state index in [1.807, 2.05) is 44.2 Å². The van der Waals surface area contributed by atoms with Crippen LogP contribution < -0.4 is 36.2 Å². The first-order chi connectivity index (χ1) is 28.2. The van der Waals surface area contributed by atoms with Crippen LogP contribution in [0.15, 0.2) is 23.9 Å². The number of rotatable bonds is 16. The van der Waals surface area contributed by atoms with E-state index in [1.54, 1.807) is 0 Å². The van der Waals surface area contributed by atoms with Crippen molar-refractivity contribution >= 4 is 70.6 Å². The second kappa shape index (κ2) is 20.1. The van der Waals surface area contributed by atoms with Crippen molar-refractivity contribution < 1.29 is 24.2 Å². The number of aliphatic hydroxyl groups is 1. The van der Waals surface area contributed by atoms with Gasteiger partial charge in [-0.3, -0.25) is 9.59 Å². The summed E-state index contributed by atoms with van der Waals surface area (Å²) in [5.41, 5.74) is 9.72. The van der Waals surface area contributed by atoms with E-state index in [0.717, 1.165) is 86.7 Å². The molecule has 1 aliphatic carbocycles. The number of aliphatic hydroxyl groups excluding tert-OH is 1. The summed E-state index contributed by atoms with van der Waals surface area (Å²) in [5, 5.41) is 19.9. The van der Waals surface area contributed by atoms with E-state index in [2.05, 4.69) is 55.0 Å². The van der Waals surface area contributed by atoms with Gasteiger partial charge in [0.25, 0.3) is 0 Å². The van der Waals surface area contributed by atoms with Crippen molar-refractivity contribution in [2.75, 3.05) is 13.7 Å². The smallest absolute Gasteiger partial charge is 0.681 e. The minimum atomic E-state index is -1.07. The third kappa shape index (κ3) is 9.65. The Morgan fingerprint density at radius 2 is 1.62 bits per heavy atom. The molecule has 0 saturated carbocycles. The fourth-order valence-corrected chi connectivity index (χ4v) is 9.40. The Hall–Kier alpha value is -4.15. The molecular weight excluding hydrogens is 761 g/mol. The number of hydrogen-bond acceptors (Lipinski definition) is 5. The molecule has 8 bridgehead atoms. The van der Waals surface area contributed by atoms with Crippen LogP contribution in [0.1, 0.15) is 138 Å². The van der Waals surface area contributed by atoms with Crippen molar-refractivity contribution in [2.24, 2.45) is 29.6 Å². The van der Waals surface area contributed by atoms with Gasteiger partial charge in [-0.25, -0.2) is 0 Å². The fourth-order valence-electron chi connectivity index (χ4n) is 9.40. The van der Waals surface area contributed by atoms with Crippen LogP contribution in [0.25, 0.3) is 41.0 Å². The zero-order valence-corrected chi connectivity index (χ0v) is 39.1. The molecule has 60 heavy (non-hydrogen) atoms. The Balaban J connectivity index is 0.00000683. The van der Waals surface area contributed by atoms with Gasteiger partial charge in [0.05, 0.1) is 7.11 Å². The van der Waals surface area contributed by atoms with Gasteiger partial charge in [-0.15, -0.1) is 33.1 Å². The van der Waals surface area contributed by atoms with Crippen molar-refractivity contribution in [3.8, 4) is 0 Å². The summed E-state index contributed by atoms with van der Waals surface area (Å²) in [5.74, 6) is -0.856. The van der Waals surface area contributed by atoms with E-state index >= 15 is 0 Å². The summed E-state index contributed by atoms with van der Waals surface area (Å²) in [4.78, 5) is 42.2. The summed E-state index contributed by atoms with van der Waals surface area (Å²) in [7, 11) is 1.33. The van der Waals surface area contributed by atoms with Crippen molar-refractivity contribution in [3.63, 3.8) is 0 Å². The molecule has 6 rings (SSSR count). The minimum Gasteiger partial charge on any atom is -0.681 e. The number of allylic oxidation sites excluding steroid dienone is 2. The third-order valence-corrected chi connectivity index (χ3v) is 13.1. The first-order valence-electron chi connectivity index (χ1n) is 21.8. The molecule has 0 radical (unpaired) electrons. The monoisotopic (exact) mass is 824 g/mol. The first kappa shape index (κ1) is 46.9. The molecule has 1 unspecified atom stereocenters. The van der Waals surface area contributed by atoms with Crippen LogP contribution in [0.2, 0.25) is 0 Å². The topological polar surface area (TPSA) is 129 Å². The molecule has 1 saturated heterocycles. The van der Waals surface area contributed by atoms with Crippen LogP contribution in [0.4, 0.5) is 0 Å². The van der Waals surface area contributed by atoms with Gasteiger partial charge in [0, 0.05) is 11.6 Å². The predicted molar refractivity (Wildman–Crippen MR) is 243 cm³/mol. The molecule has 0 amide bonds. The van der Waals surface area contributed by atoms with Crippen molar-refractivity contribution in [1.82, 2.24) is 15.0 Å². The number of nitrogens with zero attached hydrogens (tertiary/aromatic N) is 4. The summed E-state index contributed by atoms with van der Waals surface area (Å²) in [6, 6.07) is -0.571. The van der Waals surface area contributed by atoms with Crippen LogP contribution in [0.3, 0.4) is 0 Å². The fraction of sp³-hybridized carbons (Fsp3) is 0.520. The zero-order chi connectivity index (χ0) is 42.7. The van der Waals surface area contributed by atoms with Crippen LogP contribution in [0, 0.1) is 50.4 Å². The molecule has 2 aliphatic heterocycles. The number of aromatic nitrogens is 3. The Kier molecular flexibility index (Phi) is 15.7. The Labute approximate surface area is 372 Å². The quantitative estimate of drug-likeness (QED) is 0.0944. The van der Waals surface area contributed by atoms with Gasteiger partial charge >= 0.3 is 35.0 Å². The van der Waals surface area contributed by atoms with Crippen molar-refractivity contribution in [1.29, 1.82) is 0 Å². The molecule has 0 aromatic carbocycles. The van der Waals surface area contributed by atoms with E-state index < -0.39 is 17.9 Å². The largest absolute Gasteiger partial charge is 2.00 e. The summed E-state index contributed by atoms with van der Waals surface area (Å²) in [6.07, 6.45) is 18.5. The first-order valence-corrected chi connectivity index (χ1v) is 21.8. The van der Waals surface area contributed by atoms with Crippen LogP contribution >= 0.6 is 0 Å². The SMILES string of the molecule is C=Cc1c2[n-]c(c1C)/C=C1\[N-]C(C3=c4[n-]c(c(C)c4=C(O)[C@@H]3C(=O)OC)/C=c3\[n-]/c(c(C)c3CC)=C\2)[C@@H](CCC(=O)OC/C=C(\C)CCC[C@@H](C)CCCC(C)C)[C@@H]1C.[Mg+2]. The summed E-state index contributed by atoms with van der Waals surface area (Å²) >= 11 is 0. The van der Waals surface area contributed by atoms with E-state index in [4.69, 9.17) is 29.7 Å². The van der Waals surface area contributed by atoms with Gasteiger partial charge in [0.1, 0.15) is 18.3 Å². The average Bonchev–Trinajstić information content (AvgIpc) is 3.94. The van der Waals surface area contributed by atoms with Crippen LogP contribution in [-0.4, -0.2) is 59.9 Å². The predicted octanol–water partition coefficient (Wildman–Crippen LogP) is 6.85. The maximum absolute atomic E-state index is 13.6. The molecule has 10 heteroatoms. The van der Waals surface area contributed by atoms with Crippen molar-refractivity contribution in [3.05, 3.63) is 95.4 Å². The van der Waals surface area contributed by atoms with Crippen LogP contribution in [0.5, 0.6) is 0 Å². The van der Waals surface area contributed by atoms with Gasteiger partial charge < -0.3 is 34.8 Å². The van der Waals surface area contributed by atoms with E-state index in [0.29, 0.717) is 28.3 Å². The number of ether oxygens (including phenoxy) is 2. The molecule has 3 aromatic rings. The summed E-state index contributed by atoms with van der Waals surface area (Å²) in [6.45, 7) is 23.7. The molecule has 318 valence electrons. The Morgan fingerprint density at radius 1 is 0.917 bits per heavy atom. The number of methoxy groups -OCH3 is 1. The standard InChI is InChI=1S/C50H64N4O5.Mg/c1-12-34-30(7)37-24-39-32(9)36(20-21-43(55)59-23-22-29(6)19-15-18-28(5)17-14-16-27(3)4)47(53-39)45-46(50(57)58-11)49(56)44-33(10)40(54-48(44)45)26-42-35(13-2)31(8)38(52-42)25-41(34)51-37;/h12,22,24-28,32,36,46-47,56H,1,13-21,23H2,2-11H3;/q-4;+2/b29-22+,38-25-,39-24-,42-26-;/t28-,32-,36-,46+,47?;/m0./s1. The number of fused-ring (bicyclic) bond motifs is 8. The molecular formula is C50H64MgN4O5-2. The molecule has 3 aromatic heterocycles. The van der Waals surface area contributed by atoms with Crippen LogP contribution in [-0.2, 0) is 25.5 Å². The normalized spacial score (nSPS) is 21.9. The second-order valence-electron chi connectivity index (χ2n) is 17.6. The average molecular weight is 825 g/mol. The Bertz CT molecular complexity index is 2410. The molecule has 0 spiro atoms. The molecule has 1 N–H and O–H groups in total. The molecule has 9 nitrogen and oxygen atoms in total. The summed E-state index contributed by atoms with van der Waals surface area (Å²) < 4.78 is 11.1. The number of carbonyl (C=O) groups excluding carboxylic acids is 2. The van der Waals surface area contributed by atoms with Gasteiger partial charge in [-0.05, 0) is 88.7 Å². The molecule has 1 fully saturated rings. The molecule has 5 atom stereocenters. The second-order valence-corrected chi connectivity index (χ2v) is 17.6. The molecule has 3 aliphatic rings. The maximum atomic E-state index is 13.6. The Morgan fingerprint density at radius 3 is 2.30 bits per heavy atom. The van der Waals surface area contributed by atoms with E-state index in [-0.39, 0.29) is 59.6 Å². The number of carbonyl (C=O) groups is 2. The van der Waals surface area contributed by atoms with Crippen molar-refractivity contribution in [2.45, 2.75) is 126 Å². The zero-order valence-electron chi connectivity index (χ0n) is 37.7. The van der Waals surface area contributed by atoms with Gasteiger partial charge in [0.2, 0.25) is 0 Å². The number of hydrogen-bond donors (Lipinski definition) is 1. The van der Waals surface area contributed by atoms with E-state index in [9.17, 15) is 14.7 Å². The van der Waals surface area contributed by atoms with Gasteiger partial charge in [-0.2, -0.15) is 5.70 Å². The minimum absolute atomic E-state index is 0.